The molecule has 23 heavy (non-hydrogen) atoms. The van der Waals surface area contributed by atoms with Gasteiger partial charge in [-0.3, -0.25) is 14.6 Å². The fraction of sp³-hybridized carbons (Fsp3) is 0.235. The van der Waals surface area contributed by atoms with Crippen molar-refractivity contribution in [3.05, 3.63) is 58.3 Å². The number of carbonyl (C=O) groups excluding carboxylic acids is 2. The van der Waals surface area contributed by atoms with Crippen LogP contribution in [0.25, 0.3) is 0 Å². The molecule has 0 aliphatic carbocycles. The molecule has 0 aliphatic rings. The number of nitrogens with zero attached hydrogens (tertiary/aromatic N) is 2. The number of halogens is 1. The van der Waals surface area contributed by atoms with Gasteiger partial charge in [0.25, 0.3) is 11.8 Å². The standard InChI is InChI=1S/C17H18BrN3O2/c1-3-21(4-2)17(23)15-11-12(9-10-19-15)16(22)20-14-8-6-5-7-13(14)18/h5-11H,3-4H2,1-2H3,(H,20,22). The van der Waals surface area contributed by atoms with Crippen molar-refractivity contribution in [3.8, 4) is 0 Å². The van der Waals surface area contributed by atoms with Crippen molar-refractivity contribution < 1.29 is 9.59 Å². The summed E-state index contributed by atoms with van der Waals surface area (Å²) in [5, 5.41) is 2.81. The Morgan fingerprint density at radius 3 is 2.52 bits per heavy atom. The molecule has 1 aromatic heterocycles. The number of nitrogens with one attached hydrogen (secondary N) is 1. The lowest BCUT2D eigenvalue weighted by molar-refractivity contribution is 0.0767. The molecule has 0 saturated heterocycles. The summed E-state index contributed by atoms with van der Waals surface area (Å²) in [4.78, 5) is 30.4. The van der Waals surface area contributed by atoms with Crippen molar-refractivity contribution in [2.45, 2.75) is 13.8 Å². The molecule has 6 heteroatoms. The van der Waals surface area contributed by atoms with Gasteiger partial charge < -0.3 is 10.2 Å². The van der Waals surface area contributed by atoms with Crippen LogP contribution in [0.1, 0.15) is 34.7 Å². The summed E-state index contributed by atoms with van der Waals surface area (Å²) in [5.41, 5.74) is 1.34. The van der Waals surface area contributed by atoms with Gasteiger partial charge in [0.05, 0.1) is 5.69 Å². The van der Waals surface area contributed by atoms with E-state index in [-0.39, 0.29) is 17.5 Å². The third-order valence-electron chi connectivity index (χ3n) is 3.41. The van der Waals surface area contributed by atoms with E-state index < -0.39 is 0 Å². The summed E-state index contributed by atoms with van der Waals surface area (Å²) in [6.45, 7) is 5.02. The zero-order valence-electron chi connectivity index (χ0n) is 13.0. The highest BCUT2D eigenvalue weighted by Gasteiger charge is 2.16. The normalized spacial score (nSPS) is 10.2. The summed E-state index contributed by atoms with van der Waals surface area (Å²) < 4.78 is 0.793. The first-order valence-corrected chi connectivity index (χ1v) is 8.17. The van der Waals surface area contributed by atoms with Crippen LogP contribution < -0.4 is 5.32 Å². The number of hydrogen-bond acceptors (Lipinski definition) is 3. The summed E-state index contributed by atoms with van der Waals surface area (Å²) in [6, 6.07) is 10.5. The minimum Gasteiger partial charge on any atom is -0.338 e. The van der Waals surface area contributed by atoms with Crippen LogP contribution in [0.2, 0.25) is 0 Å². The van der Waals surface area contributed by atoms with E-state index in [2.05, 4.69) is 26.2 Å². The zero-order valence-corrected chi connectivity index (χ0v) is 14.6. The lowest BCUT2D eigenvalue weighted by atomic mass is 10.2. The third-order valence-corrected chi connectivity index (χ3v) is 4.11. The van der Waals surface area contributed by atoms with Crippen molar-refractivity contribution in [2.24, 2.45) is 0 Å². The molecular weight excluding hydrogens is 358 g/mol. The molecule has 1 heterocycles. The van der Waals surface area contributed by atoms with E-state index in [9.17, 15) is 9.59 Å². The molecule has 5 nitrogen and oxygen atoms in total. The van der Waals surface area contributed by atoms with Gasteiger partial charge in [-0.1, -0.05) is 12.1 Å². The fourth-order valence-electron chi connectivity index (χ4n) is 2.12. The zero-order chi connectivity index (χ0) is 16.8. The first kappa shape index (κ1) is 17.1. The number of para-hydroxylation sites is 1. The van der Waals surface area contributed by atoms with E-state index in [1.807, 2.05) is 32.0 Å². The average Bonchev–Trinajstić information content (AvgIpc) is 2.58. The van der Waals surface area contributed by atoms with E-state index in [1.54, 1.807) is 17.0 Å². The van der Waals surface area contributed by atoms with E-state index in [0.717, 1.165) is 4.47 Å². The van der Waals surface area contributed by atoms with Crippen LogP contribution in [0.5, 0.6) is 0 Å². The number of hydrogen-bond donors (Lipinski definition) is 1. The number of benzene rings is 1. The predicted molar refractivity (Wildman–Crippen MR) is 93.6 cm³/mol. The lowest BCUT2D eigenvalue weighted by Gasteiger charge is -2.18. The smallest absolute Gasteiger partial charge is 0.272 e. The molecule has 2 aromatic rings. The third kappa shape index (κ3) is 4.16. The molecule has 0 fully saturated rings. The minimum absolute atomic E-state index is 0.175. The molecule has 2 rings (SSSR count). The monoisotopic (exact) mass is 375 g/mol. The Kier molecular flexibility index (Phi) is 5.87. The van der Waals surface area contributed by atoms with Gasteiger partial charge in [-0.2, -0.15) is 0 Å². The Labute approximate surface area is 143 Å². The van der Waals surface area contributed by atoms with Crippen LogP contribution in [0.4, 0.5) is 5.69 Å². The van der Waals surface area contributed by atoms with E-state index in [4.69, 9.17) is 0 Å². The van der Waals surface area contributed by atoms with Gasteiger partial charge in [-0.25, -0.2) is 0 Å². The Morgan fingerprint density at radius 2 is 1.87 bits per heavy atom. The van der Waals surface area contributed by atoms with Gasteiger partial charge in [0.2, 0.25) is 0 Å². The lowest BCUT2D eigenvalue weighted by Crippen LogP contribution is -2.31. The fourth-order valence-corrected chi connectivity index (χ4v) is 2.50. The van der Waals surface area contributed by atoms with Crippen molar-refractivity contribution in [1.82, 2.24) is 9.88 Å². The maximum absolute atomic E-state index is 12.4. The van der Waals surface area contributed by atoms with Crippen LogP contribution in [-0.2, 0) is 0 Å². The molecule has 0 aliphatic heterocycles. The SMILES string of the molecule is CCN(CC)C(=O)c1cc(C(=O)Nc2ccccc2Br)ccn1. The number of amides is 2. The van der Waals surface area contributed by atoms with Crippen molar-refractivity contribution in [2.75, 3.05) is 18.4 Å². The molecule has 0 atom stereocenters. The topological polar surface area (TPSA) is 62.3 Å². The predicted octanol–water partition coefficient (Wildman–Crippen LogP) is 3.58. The van der Waals surface area contributed by atoms with E-state index in [0.29, 0.717) is 24.3 Å². The molecule has 0 spiro atoms. The van der Waals surface area contributed by atoms with Gasteiger partial charge in [-0.05, 0) is 54.0 Å². The van der Waals surface area contributed by atoms with Gasteiger partial charge in [0.1, 0.15) is 5.69 Å². The first-order valence-electron chi connectivity index (χ1n) is 7.38. The maximum atomic E-state index is 12.4. The van der Waals surface area contributed by atoms with Crippen LogP contribution in [0, 0.1) is 0 Å². The van der Waals surface area contributed by atoms with E-state index >= 15 is 0 Å². The molecule has 1 aromatic carbocycles. The Morgan fingerprint density at radius 1 is 1.17 bits per heavy atom. The number of aromatic nitrogens is 1. The second-order valence-electron chi connectivity index (χ2n) is 4.84. The largest absolute Gasteiger partial charge is 0.338 e. The molecule has 0 bridgehead atoms. The quantitative estimate of drug-likeness (QED) is 0.868. The summed E-state index contributed by atoms with van der Waals surface area (Å²) in [5.74, 6) is -0.460. The second-order valence-corrected chi connectivity index (χ2v) is 5.70. The van der Waals surface area contributed by atoms with E-state index in [1.165, 1.54) is 12.3 Å². The van der Waals surface area contributed by atoms with Crippen LogP contribution >= 0.6 is 15.9 Å². The maximum Gasteiger partial charge on any atom is 0.272 e. The van der Waals surface area contributed by atoms with Crippen molar-refractivity contribution in [3.63, 3.8) is 0 Å². The van der Waals surface area contributed by atoms with Gasteiger partial charge in [-0.15, -0.1) is 0 Å². The number of anilines is 1. The van der Waals surface area contributed by atoms with Crippen LogP contribution in [-0.4, -0.2) is 34.8 Å². The molecule has 0 radical (unpaired) electrons. The number of carbonyl (C=O) groups is 2. The average molecular weight is 376 g/mol. The molecule has 1 N–H and O–H groups in total. The summed E-state index contributed by atoms with van der Waals surface area (Å²) in [6.07, 6.45) is 1.48. The molecule has 0 unspecified atom stereocenters. The Bertz CT molecular complexity index is 714. The number of pyridine rings is 1. The minimum atomic E-state index is -0.284. The first-order chi connectivity index (χ1) is 11.1. The second kappa shape index (κ2) is 7.87. The molecular formula is C17H18BrN3O2. The molecule has 120 valence electrons. The number of rotatable bonds is 5. The van der Waals surface area contributed by atoms with Crippen LogP contribution in [0.15, 0.2) is 47.1 Å². The highest BCUT2D eigenvalue weighted by molar-refractivity contribution is 9.10. The molecule has 0 saturated carbocycles. The summed E-state index contributed by atoms with van der Waals surface area (Å²) >= 11 is 3.38. The highest BCUT2D eigenvalue weighted by atomic mass is 79.9. The van der Waals surface area contributed by atoms with Gasteiger partial charge in [0.15, 0.2) is 0 Å². The van der Waals surface area contributed by atoms with Gasteiger partial charge in [0, 0.05) is 29.3 Å². The van der Waals surface area contributed by atoms with Crippen molar-refractivity contribution >= 4 is 33.4 Å². The highest BCUT2D eigenvalue weighted by Crippen LogP contribution is 2.22. The Hall–Kier alpha value is -2.21. The van der Waals surface area contributed by atoms with Gasteiger partial charge >= 0.3 is 0 Å². The van der Waals surface area contributed by atoms with Crippen molar-refractivity contribution in [1.29, 1.82) is 0 Å². The van der Waals surface area contributed by atoms with Crippen LogP contribution in [0.3, 0.4) is 0 Å². The Balaban J connectivity index is 2.21. The molecule has 2 amide bonds. The summed E-state index contributed by atoms with van der Waals surface area (Å²) in [7, 11) is 0.